The van der Waals surface area contributed by atoms with Gasteiger partial charge in [0.2, 0.25) is 0 Å². The van der Waals surface area contributed by atoms with E-state index in [-0.39, 0.29) is 30.3 Å². The van der Waals surface area contributed by atoms with E-state index in [1.165, 1.54) is 9.91 Å². The Bertz CT molecular complexity index is 1820. The number of amidine groups is 1. The Hall–Kier alpha value is -5.46. The van der Waals surface area contributed by atoms with Gasteiger partial charge in [-0.2, -0.15) is 5.01 Å². The number of carbonyl (C=O) groups excluding carboxylic acids is 2. The molecule has 6 rings (SSSR count). The number of rotatable bonds is 9. The van der Waals surface area contributed by atoms with E-state index in [0.717, 1.165) is 5.69 Å². The van der Waals surface area contributed by atoms with Crippen LogP contribution >= 0.6 is 0 Å². The number of hydrogen-bond donors (Lipinski definition) is 2. The van der Waals surface area contributed by atoms with E-state index in [0.29, 0.717) is 39.3 Å². The second-order valence-electron chi connectivity index (χ2n) is 10.5. The largest absolute Gasteiger partial charge is 0.378 e. The van der Waals surface area contributed by atoms with Crippen LogP contribution in [0, 0.1) is 0 Å². The van der Waals surface area contributed by atoms with Gasteiger partial charge in [0.15, 0.2) is 5.84 Å². The SMILES string of the molecule is CN(C)c1ccc(N=C2C(=O)N(c3ccc(COO)cc3)C3=NN(c4ccc(COO)cc4)C(=O)C3=C2c2ccccc2)cc1. The van der Waals surface area contributed by atoms with Crippen molar-refractivity contribution in [2.24, 2.45) is 10.1 Å². The summed E-state index contributed by atoms with van der Waals surface area (Å²) in [6.07, 6.45) is 0. The lowest BCUT2D eigenvalue weighted by Crippen LogP contribution is -2.47. The second kappa shape index (κ2) is 12.6. The van der Waals surface area contributed by atoms with Gasteiger partial charge >= 0.3 is 0 Å². The van der Waals surface area contributed by atoms with Gasteiger partial charge in [-0.25, -0.2) is 14.8 Å². The van der Waals surface area contributed by atoms with Crippen molar-refractivity contribution in [1.82, 2.24) is 0 Å². The lowest BCUT2D eigenvalue weighted by Gasteiger charge is -2.29. The second-order valence-corrected chi connectivity index (χ2v) is 10.5. The van der Waals surface area contributed by atoms with Crippen LogP contribution in [-0.4, -0.2) is 48.0 Å². The van der Waals surface area contributed by atoms with E-state index >= 15 is 0 Å². The van der Waals surface area contributed by atoms with Crippen molar-refractivity contribution in [1.29, 1.82) is 0 Å². The maximum atomic E-state index is 14.5. The van der Waals surface area contributed by atoms with Crippen LogP contribution in [0.5, 0.6) is 0 Å². The maximum Gasteiger partial charge on any atom is 0.283 e. The van der Waals surface area contributed by atoms with Gasteiger partial charge in [0, 0.05) is 25.4 Å². The summed E-state index contributed by atoms with van der Waals surface area (Å²) in [5, 5.41) is 23.7. The van der Waals surface area contributed by atoms with Crippen molar-refractivity contribution in [3.8, 4) is 0 Å². The molecule has 2 heterocycles. The minimum atomic E-state index is -0.468. The summed E-state index contributed by atoms with van der Waals surface area (Å²) in [5.74, 6) is -0.752. The fraction of sp³-hybridized carbons (Fsp3) is 0.118. The third-order valence-corrected chi connectivity index (χ3v) is 7.44. The van der Waals surface area contributed by atoms with E-state index in [1.807, 2.05) is 73.6 Å². The molecule has 0 bridgehead atoms. The highest BCUT2D eigenvalue weighted by molar-refractivity contribution is 6.69. The summed E-state index contributed by atoms with van der Waals surface area (Å²) in [5.41, 5.74) is 5.11. The molecule has 0 spiro atoms. The van der Waals surface area contributed by atoms with Crippen LogP contribution in [-0.2, 0) is 32.6 Å². The first-order valence-electron chi connectivity index (χ1n) is 14.0. The van der Waals surface area contributed by atoms with Crippen LogP contribution in [0.2, 0.25) is 0 Å². The third kappa shape index (κ3) is 5.76. The molecule has 2 aliphatic rings. The lowest BCUT2D eigenvalue weighted by molar-refractivity contribution is -0.253. The van der Waals surface area contributed by atoms with Gasteiger partial charge in [-0.15, -0.1) is 5.10 Å². The zero-order valence-electron chi connectivity index (χ0n) is 24.5. The number of fused-ring (bicyclic) bond motifs is 1. The zero-order chi connectivity index (χ0) is 31.5. The molecule has 11 heteroatoms. The van der Waals surface area contributed by atoms with Gasteiger partial charge in [0.25, 0.3) is 11.8 Å². The minimum Gasteiger partial charge on any atom is -0.378 e. The van der Waals surface area contributed by atoms with Gasteiger partial charge in [-0.1, -0.05) is 54.6 Å². The summed E-state index contributed by atoms with van der Waals surface area (Å²) in [7, 11) is 3.87. The molecule has 2 amide bonds. The maximum absolute atomic E-state index is 14.5. The van der Waals surface area contributed by atoms with E-state index in [1.54, 1.807) is 48.5 Å². The number of nitrogens with zero attached hydrogens (tertiary/aromatic N) is 5. The van der Waals surface area contributed by atoms with Gasteiger partial charge in [0.05, 0.1) is 22.6 Å². The normalized spacial score (nSPS) is 15.6. The average molecular weight is 604 g/mol. The fourth-order valence-electron chi connectivity index (χ4n) is 5.18. The molecule has 0 saturated heterocycles. The van der Waals surface area contributed by atoms with E-state index < -0.39 is 11.8 Å². The number of carbonyl (C=O) groups is 2. The highest BCUT2D eigenvalue weighted by atomic mass is 17.1. The molecular formula is C34H29N5O6. The van der Waals surface area contributed by atoms with Crippen molar-refractivity contribution in [3.05, 3.63) is 125 Å². The molecule has 4 aromatic rings. The van der Waals surface area contributed by atoms with E-state index in [4.69, 9.17) is 20.6 Å². The van der Waals surface area contributed by atoms with Crippen LogP contribution in [0.1, 0.15) is 16.7 Å². The Morgan fingerprint density at radius 2 is 1.29 bits per heavy atom. The Kier molecular flexibility index (Phi) is 8.32. The standard InChI is InChI=1S/C34H29N5O6/c1-37(2)26-18-12-25(13-19-26)35-31-29(24-6-4-3-5-7-24)30-32(38(34(31)41)27-14-8-22(9-15-27)20-44-42)36-39(33(30)40)28-16-10-23(11-17-28)21-45-43/h3-19,42-43H,20-21H2,1-2H3. The van der Waals surface area contributed by atoms with Crippen molar-refractivity contribution < 1.29 is 29.9 Å². The van der Waals surface area contributed by atoms with Crippen molar-refractivity contribution in [2.75, 3.05) is 28.9 Å². The highest BCUT2D eigenvalue weighted by Gasteiger charge is 2.46. The molecule has 0 atom stereocenters. The van der Waals surface area contributed by atoms with Crippen molar-refractivity contribution in [2.45, 2.75) is 13.2 Å². The molecule has 0 aliphatic carbocycles. The molecule has 11 nitrogen and oxygen atoms in total. The average Bonchev–Trinajstić information content (AvgIpc) is 3.39. The van der Waals surface area contributed by atoms with Gasteiger partial charge < -0.3 is 4.90 Å². The quantitative estimate of drug-likeness (QED) is 0.187. The predicted octanol–water partition coefficient (Wildman–Crippen LogP) is 5.67. The monoisotopic (exact) mass is 603 g/mol. The van der Waals surface area contributed by atoms with Crippen molar-refractivity contribution in [3.63, 3.8) is 0 Å². The molecule has 45 heavy (non-hydrogen) atoms. The number of aliphatic imine (C=N–C) groups is 1. The molecular weight excluding hydrogens is 574 g/mol. The highest BCUT2D eigenvalue weighted by Crippen LogP contribution is 2.38. The lowest BCUT2D eigenvalue weighted by atomic mass is 9.89. The Morgan fingerprint density at radius 3 is 1.84 bits per heavy atom. The van der Waals surface area contributed by atoms with Crippen LogP contribution in [0.15, 0.2) is 119 Å². The minimum absolute atomic E-state index is 0.0129. The van der Waals surface area contributed by atoms with Gasteiger partial charge in [-0.05, 0) is 65.2 Å². The molecule has 0 fully saturated rings. The van der Waals surface area contributed by atoms with E-state index in [2.05, 4.69) is 9.78 Å². The van der Waals surface area contributed by atoms with Gasteiger partial charge in [-0.3, -0.25) is 25.0 Å². The number of hydrazone groups is 1. The summed E-state index contributed by atoms with van der Waals surface area (Å²) < 4.78 is 0. The predicted molar refractivity (Wildman–Crippen MR) is 171 cm³/mol. The third-order valence-electron chi connectivity index (χ3n) is 7.44. The number of amides is 2. The number of hydrogen-bond acceptors (Lipinski definition) is 9. The van der Waals surface area contributed by atoms with Crippen LogP contribution in [0.4, 0.5) is 22.7 Å². The number of anilines is 3. The van der Waals surface area contributed by atoms with Crippen LogP contribution in [0.25, 0.3) is 5.57 Å². The molecule has 2 N–H and O–H groups in total. The first kappa shape index (κ1) is 29.6. The summed E-state index contributed by atoms with van der Waals surface area (Å²) in [6.45, 7) is -0.0429. The van der Waals surface area contributed by atoms with Crippen LogP contribution < -0.4 is 14.8 Å². The fourth-order valence-corrected chi connectivity index (χ4v) is 5.18. The van der Waals surface area contributed by atoms with Crippen LogP contribution in [0.3, 0.4) is 0 Å². The molecule has 0 radical (unpaired) electrons. The Balaban J connectivity index is 1.57. The molecule has 0 unspecified atom stereocenters. The topological polar surface area (TPSA) is 128 Å². The van der Waals surface area contributed by atoms with Crippen molar-refractivity contribution >= 4 is 51.7 Å². The molecule has 0 aromatic heterocycles. The summed E-state index contributed by atoms with van der Waals surface area (Å²) in [4.78, 5) is 45.6. The molecule has 4 aromatic carbocycles. The first-order chi connectivity index (χ1) is 21.9. The summed E-state index contributed by atoms with van der Waals surface area (Å²) in [6, 6.07) is 30.2. The Morgan fingerprint density at radius 1 is 0.711 bits per heavy atom. The van der Waals surface area contributed by atoms with Gasteiger partial charge in [0.1, 0.15) is 18.9 Å². The molecule has 2 aliphatic heterocycles. The first-order valence-corrected chi connectivity index (χ1v) is 14.0. The Labute approximate surface area is 259 Å². The molecule has 0 saturated carbocycles. The van der Waals surface area contributed by atoms with E-state index in [9.17, 15) is 9.59 Å². The number of benzene rings is 4. The molecule has 226 valence electrons. The zero-order valence-corrected chi connectivity index (χ0v) is 24.5. The summed E-state index contributed by atoms with van der Waals surface area (Å²) >= 11 is 0. The smallest absolute Gasteiger partial charge is 0.283 e.